The largest absolute Gasteiger partial charge is 0.396 e. The number of benzene rings is 1. The molecule has 1 saturated carbocycles. The maximum atomic E-state index is 13.7. The van der Waals surface area contributed by atoms with Crippen molar-refractivity contribution in [2.45, 2.75) is 32.2 Å². The highest BCUT2D eigenvalue weighted by molar-refractivity contribution is 5.73. The minimum Gasteiger partial charge on any atom is -0.396 e. The number of hydrogen-bond acceptors (Lipinski definition) is 5. The molecule has 29 heavy (non-hydrogen) atoms. The summed E-state index contributed by atoms with van der Waals surface area (Å²) in [6, 6.07) is 14.7. The number of hydrogen-bond donors (Lipinski definition) is 2. The molecule has 1 fully saturated rings. The van der Waals surface area contributed by atoms with Gasteiger partial charge in [-0.2, -0.15) is 0 Å². The van der Waals surface area contributed by atoms with Crippen LogP contribution in [0.3, 0.4) is 0 Å². The van der Waals surface area contributed by atoms with Crippen molar-refractivity contribution in [3.05, 3.63) is 78.5 Å². The van der Waals surface area contributed by atoms with Crippen LogP contribution in [-0.4, -0.2) is 16.0 Å². The van der Waals surface area contributed by atoms with Crippen LogP contribution in [0.2, 0.25) is 0 Å². The van der Waals surface area contributed by atoms with Crippen molar-refractivity contribution in [1.82, 2.24) is 9.97 Å². The van der Waals surface area contributed by atoms with Crippen molar-refractivity contribution in [3.8, 4) is 11.3 Å². The molecular weight excluding hydrogens is 365 g/mol. The van der Waals surface area contributed by atoms with E-state index in [-0.39, 0.29) is 11.9 Å². The van der Waals surface area contributed by atoms with Crippen LogP contribution in [0, 0.1) is 12.7 Å². The molecule has 0 bridgehead atoms. The SMILES string of the molecule is C=C(Nc1ccccn1)N(c1nc(-c2ccc(F)c(C)c2)ccc1N)C1CCC1. The lowest BCUT2D eigenvalue weighted by Crippen LogP contribution is -2.42. The number of nitrogen functional groups attached to an aromatic ring is 1. The summed E-state index contributed by atoms with van der Waals surface area (Å²) >= 11 is 0. The zero-order chi connectivity index (χ0) is 20.4. The number of nitrogens with two attached hydrogens (primary N) is 1. The van der Waals surface area contributed by atoms with E-state index in [1.807, 2.05) is 30.3 Å². The van der Waals surface area contributed by atoms with Crippen molar-refractivity contribution in [2.24, 2.45) is 0 Å². The van der Waals surface area contributed by atoms with Gasteiger partial charge in [-0.3, -0.25) is 0 Å². The zero-order valence-corrected chi connectivity index (χ0v) is 16.4. The third-order valence-corrected chi connectivity index (χ3v) is 5.26. The molecule has 0 spiro atoms. The van der Waals surface area contributed by atoms with Crippen LogP contribution < -0.4 is 16.0 Å². The molecule has 6 heteroatoms. The van der Waals surface area contributed by atoms with Crippen LogP contribution in [0.15, 0.2) is 67.1 Å². The van der Waals surface area contributed by atoms with Gasteiger partial charge in [0.05, 0.1) is 11.4 Å². The number of pyridine rings is 2. The molecule has 5 nitrogen and oxygen atoms in total. The second kappa shape index (κ2) is 7.91. The first-order valence-electron chi connectivity index (χ1n) is 9.72. The van der Waals surface area contributed by atoms with E-state index in [2.05, 4.69) is 21.8 Å². The van der Waals surface area contributed by atoms with Gasteiger partial charge in [-0.25, -0.2) is 14.4 Å². The van der Waals surface area contributed by atoms with Gasteiger partial charge in [-0.05, 0) is 74.2 Å². The molecule has 1 aliphatic carbocycles. The Bertz CT molecular complexity index is 1030. The maximum absolute atomic E-state index is 13.7. The highest BCUT2D eigenvalue weighted by atomic mass is 19.1. The number of aromatic nitrogens is 2. The molecule has 1 aromatic carbocycles. The van der Waals surface area contributed by atoms with Crippen LogP contribution in [0.25, 0.3) is 11.3 Å². The summed E-state index contributed by atoms with van der Waals surface area (Å²) in [4.78, 5) is 11.2. The number of anilines is 3. The Hall–Kier alpha value is -3.41. The monoisotopic (exact) mass is 389 g/mol. The molecular formula is C23H24FN5. The third kappa shape index (κ3) is 3.92. The van der Waals surface area contributed by atoms with Crippen molar-refractivity contribution in [3.63, 3.8) is 0 Å². The molecule has 3 N–H and O–H groups in total. The Labute approximate surface area is 170 Å². The van der Waals surface area contributed by atoms with Gasteiger partial charge in [-0.15, -0.1) is 0 Å². The van der Waals surface area contributed by atoms with Crippen molar-refractivity contribution >= 4 is 17.3 Å². The van der Waals surface area contributed by atoms with Gasteiger partial charge in [0, 0.05) is 17.8 Å². The maximum Gasteiger partial charge on any atom is 0.158 e. The molecule has 0 amide bonds. The number of nitrogens with one attached hydrogen (secondary N) is 1. The topological polar surface area (TPSA) is 67.1 Å². The van der Waals surface area contributed by atoms with E-state index in [0.29, 0.717) is 28.7 Å². The number of nitrogens with zero attached hydrogens (tertiary/aromatic N) is 3. The average Bonchev–Trinajstić information content (AvgIpc) is 2.68. The van der Waals surface area contributed by atoms with Crippen LogP contribution in [0.5, 0.6) is 0 Å². The average molecular weight is 389 g/mol. The molecule has 4 rings (SSSR count). The van der Waals surface area contributed by atoms with Crippen LogP contribution in [-0.2, 0) is 0 Å². The van der Waals surface area contributed by atoms with Gasteiger partial charge in [0.1, 0.15) is 17.5 Å². The molecule has 0 radical (unpaired) electrons. The van der Waals surface area contributed by atoms with Crippen LogP contribution in [0.4, 0.5) is 21.7 Å². The van der Waals surface area contributed by atoms with E-state index >= 15 is 0 Å². The minimum absolute atomic E-state index is 0.228. The Morgan fingerprint density at radius 2 is 2.03 bits per heavy atom. The summed E-state index contributed by atoms with van der Waals surface area (Å²) in [6.07, 6.45) is 4.98. The van der Waals surface area contributed by atoms with Gasteiger partial charge >= 0.3 is 0 Å². The summed E-state index contributed by atoms with van der Waals surface area (Å²) < 4.78 is 13.7. The van der Waals surface area contributed by atoms with Gasteiger partial charge < -0.3 is 16.0 Å². The smallest absolute Gasteiger partial charge is 0.158 e. The lowest BCUT2D eigenvalue weighted by molar-refractivity contribution is 0.402. The summed E-state index contributed by atoms with van der Waals surface area (Å²) in [5, 5.41) is 3.27. The second-order valence-corrected chi connectivity index (χ2v) is 7.31. The fraction of sp³-hybridized carbons (Fsp3) is 0.217. The predicted octanol–water partition coefficient (Wildman–Crippen LogP) is 5.12. The van der Waals surface area contributed by atoms with Gasteiger partial charge in [0.25, 0.3) is 0 Å². The Morgan fingerprint density at radius 1 is 1.21 bits per heavy atom. The van der Waals surface area contributed by atoms with E-state index in [1.54, 1.807) is 25.3 Å². The summed E-state index contributed by atoms with van der Waals surface area (Å²) in [6.45, 7) is 5.97. The van der Waals surface area contributed by atoms with E-state index in [1.165, 1.54) is 6.07 Å². The predicted molar refractivity (Wildman–Crippen MR) is 116 cm³/mol. The van der Waals surface area contributed by atoms with Crippen LogP contribution in [0.1, 0.15) is 24.8 Å². The summed E-state index contributed by atoms with van der Waals surface area (Å²) in [5.74, 6) is 1.82. The lowest BCUT2D eigenvalue weighted by Gasteiger charge is -2.40. The first-order valence-corrected chi connectivity index (χ1v) is 9.72. The first kappa shape index (κ1) is 18.9. The molecule has 0 unspecified atom stereocenters. The van der Waals surface area contributed by atoms with E-state index in [0.717, 1.165) is 30.5 Å². The Morgan fingerprint density at radius 3 is 2.69 bits per heavy atom. The highest BCUT2D eigenvalue weighted by Crippen LogP contribution is 2.36. The molecule has 1 aliphatic rings. The van der Waals surface area contributed by atoms with Crippen molar-refractivity contribution in [1.29, 1.82) is 0 Å². The van der Waals surface area contributed by atoms with Crippen LogP contribution >= 0.6 is 0 Å². The van der Waals surface area contributed by atoms with Gasteiger partial charge in [0.15, 0.2) is 5.82 Å². The fourth-order valence-electron chi connectivity index (χ4n) is 3.43. The lowest BCUT2D eigenvalue weighted by atomic mass is 9.91. The van der Waals surface area contributed by atoms with Crippen molar-refractivity contribution < 1.29 is 4.39 Å². The fourth-order valence-corrected chi connectivity index (χ4v) is 3.43. The quantitative estimate of drug-likeness (QED) is 0.613. The molecule has 0 saturated heterocycles. The Balaban J connectivity index is 1.70. The van der Waals surface area contributed by atoms with Gasteiger partial charge in [-0.1, -0.05) is 12.6 Å². The Kier molecular flexibility index (Phi) is 5.16. The minimum atomic E-state index is -0.228. The van der Waals surface area contributed by atoms with E-state index < -0.39 is 0 Å². The molecule has 0 atom stereocenters. The summed E-state index contributed by atoms with van der Waals surface area (Å²) in [5.41, 5.74) is 9.07. The molecule has 2 heterocycles. The molecule has 0 aliphatic heterocycles. The third-order valence-electron chi connectivity index (χ3n) is 5.26. The number of halogens is 1. The summed E-state index contributed by atoms with van der Waals surface area (Å²) in [7, 11) is 0. The van der Waals surface area contributed by atoms with E-state index in [9.17, 15) is 4.39 Å². The van der Waals surface area contributed by atoms with Gasteiger partial charge in [0.2, 0.25) is 0 Å². The first-order chi connectivity index (χ1) is 14.0. The highest BCUT2D eigenvalue weighted by Gasteiger charge is 2.30. The molecule has 3 aromatic rings. The standard InChI is InChI=1S/C23H24FN5/c1-15-14-17(9-10-19(15)24)21-12-11-20(25)23(28-21)29(18-6-5-7-18)16(2)27-22-8-3-4-13-26-22/h3-4,8-14,18H,2,5-7,25H2,1H3,(H,26,27). The molecule has 148 valence electrons. The normalized spacial score (nSPS) is 13.6. The van der Waals surface area contributed by atoms with E-state index in [4.69, 9.17) is 10.7 Å². The number of aryl methyl sites for hydroxylation is 1. The molecule has 2 aromatic heterocycles. The zero-order valence-electron chi connectivity index (χ0n) is 16.4. The second-order valence-electron chi connectivity index (χ2n) is 7.31. The van der Waals surface area contributed by atoms with Crippen molar-refractivity contribution in [2.75, 3.05) is 16.0 Å². The number of rotatable bonds is 6.